The first kappa shape index (κ1) is 47.5. The van der Waals surface area contributed by atoms with Crippen LogP contribution in [0.25, 0.3) is 22.5 Å². The lowest BCUT2D eigenvalue weighted by Crippen LogP contribution is -2.49. The van der Waals surface area contributed by atoms with Crippen LogP contribution in [0.5, 0.6) is 5.75 Å². The molecule has 1 unspecified atom stereocenters. The van der Waals surface area contributed by atoms with Crippen molar-refractivity contribution in [3.05, 3.63) is 88.4 Å². The van der Waals surface area contributed by atoms with Crippen LogP contribution in [0.2, 0.25) is 0 Å². The van der Waals surface area contributed by atoms with Crippen molar-refractivity contribution in [2.75, 3.05) is 19.7 Å². The summed E-state index contributed by atoms with van der Waals surface area (Å²) in [5, 5.41) is 5.52. The maximum absolute atomic E-state index is 13.3. The lowest BCUT2D eigenvalue weighted by atomic mass is 9.95. The molecule has 0 aliphatic heterocycles. The Bertz CT molecular complexity index is 1740. The van der Waals surface area contributed by atoms with E-state index in [1.54, 1.807) is 39.2 Å². The van der Waals surface area contributed by atoms with E-state index in [9.17, 15) is 14.4 Å². The Morgan fingerprint density at radius 1 is 0.786 bits per heavy atom. The van der Waals surface area contributed by atoms with E-state index < -0.39 is 23.5 Å². The minimum Gasteiger partial charge on any atom is -0.494 e. The van der Waals surface area contributed by atoms with Crippen LogP contribution < -0.4 is 21.1 Å². The number of ether oxygens (including phenoxy) is 2. The number of aromatic nitrogens is 2. The fourth-order valence-electron chi connectivity index (χ4n) is 5.25. The van der Waals surface area contributed by atoms with Crippen LogP contribution in [0.1, 0.15) is 121 Å². The Hall–Kier alpha value is -4.61. The van der Waals surface area contributed by atoms with Crippen molar-refractivity contribution >= 4 is 29.1 Å². The van der Waals surface area contributed by atoms with E-state index in [2.05, 4.69) is 48.3 Å². The van der Waals surface area contributed by atoms with Crippen molar-refractivity contribution in [1.29, 1.82) is 0 Å². The van der Waals surface area contributed by atoms with Crippen molar-refractivity contribution in [3.63, 3.8) is 0 Å². The van der Waals surface area contributed by atoms with E-state index in [1.165, 1.54) is 37.0 Å². The van der Waals surface area contributed by atoms with Gasteiger partial charge in [-0.25, -0.2) is 9.97 Å². The third kappa shape index (κ3) is 17.0. The molecule has 2 amide bonds. The monoisotopic (exact) mass is 787 g/mol. The van der Waals surface area contributed by atoms with Gasteiger partial charge in [0.2, 0.25) is 5.91 Å². The lowest BCUT2D eigenvalue weighted by molar-refractivity contribution is -0.154. The number of benzene rings is 2. The molecule has 2 aromatic heterocycles. The highest BCUT2D eigenvalue weighted by Crippen LogP contribution is 2.29. The van der Waals surface area contributed by atoms with Crippen LogP contribution in [0.15, 0.2) is 73.1 Å². The van der Waals surface area contributed by atoms with Gasteiger partial charge in [0.05, 0.1) is 11.5 Å². The molecule has 4 aromatic rings. The van der Waals surface area contributed by atoms with Crippen LogP contribution in [-0.2, 0) is 26.2 Å². The maximum atomic E-state index is 13.3. The Balaban J connectivity index is 0.00000206. The third-order valence-corrected chi connectivity index (χ3v) is 9.54. The molecule has 0 aliphatic carbocycles. The summed E-state index contributed by atoms with van der Waals surface area (Å²) in [4.78, 5) is 49.7. The summed E-state index contributed by atoms with van der Waals surface area (Å²) >= 11 is 1.40. The van der Waals surface area contributed by atoms with Gasteiger partial charge in [-0.15, -0.1) is 11.3 Å². The molecule has 10 nitrogen and oxygen atoms in total. The van der Waals surface area contributed by atoms with E-state index in [0.717, 1.165) is 52.5 Å². The molecule has 306 valence electrons. The highest BCUT2D eigenvalue weighted by Gasteiger charge is 2.26. The molecule has 11 heteroatoms. The lowest BCUT2D eigenvalue weighted by Gasteiger charge is -2.21. The summed E-state index contributed by atoms with van der Waals surface area (Å²) in [7, 11) is 0. The number of nitrogens with zero attached hydrogens (tertiary/aromatic N) is 2. The SMILES string of the molecule is CC.CCCCCCCOc1ccc(-c2cnc(-c3ccc(CC(NC(=O)c4ccc(C(C)(C)C)s4)C(=O)NCC(=O)OC(C)(C)C)cc3)nc2)cc1.CCN. The van der Waals surface area contributed by atoms with Gasteiger partial charge in [0.1, 0.15) is 23.9 Å². The van der Waals surface area contributed by atoms with Gasteiger partial charge in [0.15, 0.2) is 5.82 Å². The van der Waals surface area contributed by atoms with Crippen molar-refractivity contribution in [1.82, 2.24) is 20.6 Å². The summed E-state index contributed by atoms with van der Waals surface area (Å²) in [6.45, 7) is 20.8. The van der Waals surface area contributed by atoms with Gasteiger partial charge in [-0.3, -0.25) is 14.4 Å². The molecule has 0 spiro atoms. The number of carbonyl (C=O) groups is 3. The molecule has 56 heavy (non-hydrogen) atoms. The smallest absolute Gasteiger partial charge is 0.325 e. The Morgan fingerprint density at radius 2 is 1.38 bits per heavy atom. The summed E-state index contributed by atoms with van der Waals surface area (Å²) in [5.41, 5.74) is 7.60. The van der Waals surface area contributed by atoms with Crippen molar-refractivity contribution < 1.29 is 23.9 Å². The molecular weight excluding hydrogens is 723 g/mol. The zero-order valence-electron chi connectivity index (χ0n) is 35.3. The summed E-state index contributed by atoms with van der Waals surface area (Å²) in [6.07, 6.45) is 9.84. The molecule has 0 saturated carbocycles. The highest BCUT2D eigenvalue weighted by molar-refractivity contribution is 7.14. The Morgan fingerprint density at radius 3 is 1.93 bits per heavy atom. The number of hydrogen-bond donors (Lipinski definition) is 3. The number of amides is 2. The van der Waals surface area contributed by atoms with Crippen molar-refractivity contribution in [3.8, 4) is 28.3 Å². The van der Waals surface area contributed by atoms with Gasteiger partial charge in [-0.2, -0.15) is 0 Å². The summed E-state index contributed by atoms with van der Waals surface area (Å²) in [6, 6.07) is 18.3. The molecule has 2 heterocycles. The topological polar surface area (TPSA) is 146 Å². The third-order valence-electron chi connectivity index (χ3n) is 8.03. The number of hydrogen-bond acceptors (Lipinski definition) is 9. The molecule has 0 bridgehead atoms. The molecule has 0 radical (unpaired) electrons. The highest BCUT2D eigenvalue weighted by atomic mass is 32.1. The number of unbranched alkanes of at least 4 members (excludes halogenated alkanes) is 4. The molecule has 2 aromatic carbocycles. The molecule has 1 atom stereocenters. The number of nitrogens with two attached hydrogens (primary N) is 1. The second-order valence-corrected chi connectivity index (χ2v) is 16.2. The average Bonchev–Trinajstić information content (AvgIpc) is 3.68. The number of esters is 1. The fourth-order valence-corrected chi connectivity index (χ4v) is 6.22. The van der Waals surface area contributed by atoms with Crippen molar-refractivity contribution in [2.24, 2.45) is 5.73 Å². The Labute approximate surface area is 339 Å². The van der Waals surface area contributed by atoms with E-state index >= 15 is 0 Å². The van der Waals surface area contributed by atoms with E-state index in [-0.39, 0.29) is 24.3 Å². The first-order valence-corrected chi connectivity index (χ1v) is 20.7. The minimum absolute atomic E-state index is 0.104. The van der Waals surface area contributed by atoms with E-state index in [0.29, 0.717) is 10.7 Å². The molecule has 4 N–H and O–H groups in total. The standard InChI is InChI=1S/C41H52N4O5S.C2H7N.C2H6/c1-8-9-10-11-12-23-49-32-19-17-29(18-20-32)31-25-42-37(43-26-31)30-15-13-28(14-16-30)24-33(38(47)44-27-36(46)50-41(5,6)7)45-39(48)34-21-22-35(51-34)40(2,3)4;1-2-3;1-2/h13-22,25-26,33H,8-12,23-24,27H2,1-7H3,(H,44,47)(H,45,48);2-3H2,1H3;1-2H3. The fraction of sp³-hybridized carbons (Fsp3) is 0.489. The van der Waals surface area contributed by atoms with Gasteiger partial charge in [-0.05, 0) is 74.5 Å². The Kier molecular flexibility index (Phi) is 20.5. The molecular formula is C45H65N5O5S. The number of carbonyl (C=O) groups excluding carboxylic acids is 3. The van der Waals surface area contributed by atoms with E-state index in [1.807, 2.05) is 75.4 Å². The van der Waals surface area contributed by atoms with Crippen LogP contribution in [0, 0.1) is 0 Å². The number of nitrogens with one attached hydrogen (secondary N) is 2. The average molecular weight is 788 g/mol. The summed E-state index contributed by atoms with van der Waals surface area (Å²) < 4.78 is 11.2. The van der Waals surface area contributed by atoms with Gasteiger partial charge in [0.25, 0.3) is 5.91 Å². The van der Waals surface area contributed by atoms with Gasteiger partial charge in [-0.1, -0.05) is 111 Å². The molecule has 0 fully saturated rings. The van der Waals surface area contributed by atoms with Crippen LogP contribution in [0.4, 0.5) is 0 Å². The first-order chi connectivity index (χ1) is 26.6. The predicted octanol–water partition coefficient (Wildman–Crippen LogP) is 9.31. The zero-order chi connectivity index (χ0) is 41.7. The van der Waals surface area contributed by atoms with Crippen LogP contribution in [-0.4, -0.2) is 59.1 Å². The molecule has 0 saturated heterocycles. The van der Waals surface area contributed by atoms with Crippen LogP contribution in [0.3, 0.4) is 0 Å². The molecule has 0 aliphatic rings. The van der Waals surface area contributed by atoms with Gasteiger partial charge >= 0.3 is 5.97 Å². The van der Waals surface area contributed by atoms with Gasteiger partial charge in [0, 0.05) is 34.8 Å². The largest absolute Gasteiger partial charge is 0.494 e. The number of rotatable bonds is 16. The van der Waals surface area contributed by atoms with E-state index in [4.69, 9.17) is 15.2 Å². The predicted molar refractivity (Wildman–Crippen MR) is 230 cm³/mol. The second-order valence-electron chi connectivity index (χ2n) is 15.1. The molecule has 4 rings (SSSR count). The van der Waals surface area contributed by atoms with Crippen LogP contribution >= 0.6 is 11.3 Å². The normalized spacial score (nSPS) is 11.6. The number of thiophene rings is 1. The second kappa shape index (κ2) is 24.1. The van der Waals surface area contributed by atoms with Crippen molar-refractivity contribution in [2.45, 2.75) is 125 Å². The first-order valence-electron chi connectivity index (χ1n) is 19.9. The summed E-state index contributed by atoms with van der Waals surface area (Å²) in [5.74, 6) is 0.0414. The maximum Gasteiger partial charge on any atom is 0.325 e. The minimum atomic E-state index is -0.927. The van der Waals surface area contributed by atoms with Gasteiger partial charge < -0.3 is 25.8 Å². The quantitative estimate of drug-likeness (QED) is 0.0753. The zero-order valence-corrected chi connectivity index (χ0v) is 36.1.